The molecule has 3 rings (SSSR count). The average Bonchev–Trinajstić information content (AvgIpc) is 2.77. The van der Waals surface area contributed by atoms with Crippen LogP contribution < -0.4 is 4.74 Å². The molecule has 2 aromatic rings. The maximum atomic E-state index is 13.0. The number of piperidine rings is 1. The number of benzene rings is 2. The number of methoxy groups -OCH3 is 1. The second-order valence-corrected chi connectivity index (χ2v) is 8.96. The maximum Gasteiger partial charge on any atom is 0.255 e. The predicted molar refractivity (Wildman–Crippen MR) is 113 cm³/mol. The lowest BCUT2D eigenvalue weighted by atomic mass is 9.90. The fraction of sp³-hybridized carbons (Fsp3) is 0.435. The Hall–Kier alpha value is -2.14. The molecule has 0 bridgehead atoms. The van der Waals surface area contributed by atoms with E-state index in [9.17, 15) is 9.00 Å². The average molecular weight is 400 g/mol. The highest BCUT2D eigenvalue weighted by Gasteiger charge is 2.25. The molecule has 1 aliphatic rings. The van der Waals surface area contributed by atoms with Crippen molar-refractivity contribution in [1.29, 1.82) is 0 Å². The van der Waals surface area contributed by atoms with Gasteiger partial charge < -0.3 is 9.64 Å². The van der Waals surface area contributed by atoms with Crippen LogP contribution in [0.1, 0.15) is 42.1 Å². The first kappa shape index (κ1) is 20.6. The van der Waals surface area contributed by atoms with Crippen molar-refractivity contribution in [3.8, 4) is 5.75 Å². The Balaban J connectivity index is 1.53. The van der Waals surface area contributed by atoms with Crippen LogP contribution in [0, 0.1) is 5.92 Å². The molecule has 0 aromatic heterocycles. The minimum Gasteiger partial charge on any atom is -0.497 e. The standard InChI is InChI=1S/C23H29NO3S/c1-3-28(26)22-7-5-4-6-21(22)23(25)24-16-14-19(15-17-24)9-8-18-10-12-20(27-2)13-11-18/h4-7,10-13,19H,3,8-9,14-17H2,1-2H3/t28-/m1/s1. The van der Waals surface area contributed by atoms with Crippen molar-refractivity contribution in [2.24, 2.45) is 5.92 Å². The smallest absolute Gasteiger partial charge is 0.255 e. The Kier molecular flexibility index (Phi) is 7.26. The number of carbonyl (C=O) groups excluding carboxylic acids is 1. The minimum absolute atomic E-state index is 0.0194. The molecule has 1 fully saturated rings. The molecule has 0 radical (unpaired) electrons. The van der Waals surface area contributed by atoms with Gasteiger partial charge in [0.1, 0.15) is 5.75 Å². The number of hydrogen-bond acceptors (Lipinski definition) is 3. The normalized spacial score (nSPS) is 16.0. The van der Waals surface area contributed by atoms with Crippen molar-refractivity contribution >= 4 is 16.7 Å². The SMILES string of the molecule is CC[S@@](=O)c1ccccc1C(=O)N1CCC(CCc2ccc(OC)cc2)CC1. The van der Waals surface area contributed by atoms with E-state index in [1.54, 1.807) is 13.2 Å². The minimum atomic E-state index is -1.12. The molecule has 1 saturated heterocycles. The van der Waals surface area contributed by atoms with Crippen molar-refractivity contribution in [2.45, 2.75) is 37.5 Å². The van der Waals surface area contributed by atoms with Crippen LogP contribution in [0.25, 0.3) is 0 Å². The van der Waals surface area contributed by atoms with Gasteiger partial charge in [0, 0.05) is 18.8 Å². The van der Waals surface area contributed by atoms with Gasteiger partial charge in [-0.3, -0.25) is 9.00 Å². The second-order valence-electron chi connectivity index (χ2n) is 7.25. The zero-order valence-electron chi connectivity index (χ0n) is 16.7. The van der Waals surface area contributed by atoms with Crippen LogP contribution in [-0.2, 0) is 17.2 Å². The van der Waals surface area contributed by atoms with Gasteiger partial charge in [0.2, 0.25) is 0 Å². The lowest BCUT2D eigenvalue weighted by Gasteiger charge is -2.32. The Bertz CT molecular complexity index is 811. The number of carbonyl (C=O) groups is 1. The van der Waals surface area contributed by atoms with Gasteiger partial charge in [0.25, 0.3) is 5.91 Å². The van der Waals surface area contributed by atoms with E-state index < -0.39 is 10.8 Å². The maximum absolute atomic E-state index is 13.0. The monoisotopic (exact) mass is 399 g/mol. The van der Waals surface area contributed by atoms with E-state index in [-0.39, 0.29) is 5.91 Å². The summed E-state index contributed by atoms with van der Waals surface area (Å²) in [7, 11) is 0.566. The van der Waals surface area contributed by atoms with Crippen LogP contribution >= 0.6 is 0 Å². The molecule has 5 heteroatoms. The number of nitrogens with zero attached hydrogens (tertiary/aromatic N) is 1. The molecule has 28 heavy (non-hydrogen) atoms. The summed E-state index contributed by atoms with van der Waals surface area (Å²) in [6.45, 7) is 3.43. The molecule has 2 aromatic carbocycles. The zero-order chi connectivity index (χ0) is 19.9. The summed E-state index contributed by atoms with van der Waals surface area (Å²) in [4.78, 5) is 15.6. The van der Waals surface area contributed by atoms with Gasteiger partial charge in [0.15, 0.2) is 0 Å². The Labute approximate surface area is 170 Å². The third kappa shape index (κ3) is 5.02. The molecular weight excluding hydrogens is 370 g/mol. The number of rotatable bonds is 7. The van der Waals surface area contributed by atoms with Crippen LogP contribution in [-0.4, -0.2) is 41.0 Å². The van der Waals surface area contributed by atoms with Crippen molar-refractivity contribution < 1.29 is 13.7 Å². The number of likely N-dealkylation sites (tertiary alicyclic amines) is 1. The third-order valence-electron chi connectivity index (χ3n) is 5.53. The first-order valence-electron chi connectivity index (χ1n) is 10.0. The highest BCUT2D eigenvalue weighted by Crippen LogP contribution is 2.25. The van der Waals surface area contributed by atoms with Crippen LogP contribution in [0.4, 0.5) is 0 Å². The lowest BCUT2D eigenvalue weighted by Crippen LogP contribution is -2.39. The first-order chi connectivity index (χ1) is 13.6. The van der Waals surface area contributed by atoms with Gasteiger partial charge in [-0.15, -0.1) is 0 Å². The molecular formula is C23H29NO3S. The van der Waals surface area contributed by atoms with Crippen LogP contribution in [0.3, 0.4) is 0 Å². The molecule has 1 amide bonds. The quantitative estimate of drug-likeness (QED) is 0.697. The van der Waals surface area contributed by atoms with E-state index in [0.29, 0.717) is 22.1 Å². The van der Waals surface area contributed by atoms with E-state index in [1.807, 2.05) is 42.2 Å². The van der Waals surface area contributed by atoms with Gasteiger partial charge in [-0.05, 0) is 61.4 Å². The fourth-order valence-corrected chi connectivity index (χ4v) is 4.70. The summed E-state index contributed by atoms with van der Waals surface area (Å²) in [6, 6.07) is 15.6. The molecule has 150 valence electrons. The Morgan fingerprint density at radius 1 is 1.11 bits per heavy atom. The van der Waals surface area contributed by atoms with Gasteiger partial charge in [0.05, 0.1) is 28.4 Å². The summed E-state index contributed by atoms with van der Waals surface area (Å²) >= 11 is 0. The number of ether oxygens (including phenoxy) is 1. The molecule has 0 aliphatic carbocycles. The predicted octanol–water partition coefficient (Wildman–Crippen LogP) is 4.31. The molecule has 1 heterocycles. The van der Waals surface area contributed by atoms with E-state index in [1.165, 1.54) is 5.56 Å². The highest BCUT2D eigenvalue weighted by molar-refractivity contribution is 7.85. The lowest BCUT2D eigenvalue weighted by molar-refractivity contribution is 0.0683. The van der Waals surface area contributed by atoms with E-state index in [4.69, 9.17) is 4.74 Å². The summed E-state index contributed by atoms with van der Waals surface area (Å²) < 4.78 is 17.5. The first-order valence-corrected chi connectivity index (χ1v) is 11.3. The molecule has 0 spiro atoms. The summed E-state index contributed by atoms with van der Waals surface area (Å²) in [5, 5.41) is 0. The van der Waals surface area contributed by atoms with E-state index in [0.717, 1.165) is 44.5 Å². The molecule has 0 N–H and O–H groups in total. The number of hydrogen-bond donors (Lipinski definition) is 0. The van der Waals surface area contributed by atoms with Crippen LogP contribution in [0.15, 0.2) is 53.4 Å². The molecule has 1 atom stereocenters. The van der Waals surface area contributed by atoms with Gasteiger partial charge in [-0.1, -0.05) is 31.2 Å². The van der Waals surface area contributed by atoms with Gasteiger partial charge >= 0.3 is 0 Å². The summed E-state index contributed by atoms with van der Waals surface area (Å²) in [5.74, 6) is 2.08. The zero-order valence-corrected chi connectivity index (χ0v) is 17.5. The van der Waals surface area contributed by atoms with Crippen LogP contribution in [0.5, 0.6) is 5.75 Å². The molecule has 4 nitrogen and oxygen atoms in total. The second kappa shape index (κ2) is 9.87. The van der Waals surface area contributed by atoms with Gasteiger partial charge in [-0.25, -0.2) is 0 Å². The molecule has 0 saturated carbocycles. The van der Waals surface area contributed by atoms with E-state index >= 15 is 0 Å². The number of aryl methyl sites for hydroxylation is 1. The molecule has 0 unspecified atom stereocenters. The third-order valence-corrected chi connectivity index (χ3v) is 6.90. The Morgan fingerprint density at radius 3 is 2.43 bits per heavy atom. The van der Waals surface area contributed by atoms with Crippen LogP contribution in [0.2, 0.25) is 0 Å². The van der Waals surface area contributed by atoms with E-state index in [2.05, 4.69) is 12.1 Å². The van der Waals surface area contributed by atoms with Crippen molar-refractivity contribution in [1.82, 2.24) is 4.90 Å². The molecule has 1 aliphatic heterocycles. The summed E-state index contributed by atoms with van der Waals surface area (Å²) in [6.07, 6.45) is 4.26. The number of amides is 1. The topological polar surface area (TPSA) is 46.6 Å². The van der Waals surface area contributed by atoms with Crippen molar-refractivity contribution in [2.75, 3.05) is 26.0 Å². The van der Waals surface area contributed by atoms with Gasteiger partial charge in [-0.2, -0.15) is 0 Å². The summed E-state index contributed by atoms with van der Waals surface area (Å²) in [5.41, 5.74) is 1.93. The van der Waals surface area contributed by atoms with Crippen molar-refractivity contribution in [3.05, 3.63) is 59.7 Å². The largest absolute Gasteiger partial charge is 0.497 e. The fourth-order valence-electron chi connectivity index (χ4n) is 3.76. The highest BCUT2D eigenvalue weighted by atomic mass is 32.2. The van der Waals surface area contributed by atoms with Crippen molar-refractivity contribution in [3.63, 3.8) is 0 Å². The Morgan fingerprint density at radius 2 is 1.79 bits per heavy atom.